The summed E-state index contributed by atoms with van der Waals surface area (Å²) in [6.45, 7) is 2.13. The lowest BCUT2D eigenvalue weighted by atomic mass is 10.2. The Morgan fingerprint density at radius 1 is 1.21 bits per heavy atom. The van der Waals surface area contributed by atoms with Gasteiger partial charge in [-0.05, 0) is 31.3 Å². The third-order valence-electron chi connectivity index (χ3n) is 4.59. The van der Waals surface area contributed by atoms with Crippen molar-refractivity contribution in [2.45, 2.75) is 12.2 Å². The molecule has 1 aliphatic rings. The van der Waals surface area contributed by atoms with Crippen molar-refractivity contribution >= 4 is 12.4 Å². The molecule has 0 aliphatic carbocycles. The molecule has 1 N–H and O–H groups in total. The van der Waals surface area contributed by atoms with Crippen LogP contribution in [0.25, 0.3) is 17.1 Å². The molecule has 0 radical (unpaired) electrons. The zero-order valence-electron chi connectivity index (χ0n) is 15.1. The SMILES string of the molecule is CN1CCNCC1c1noc(-c2cnn(-c3ccc(F)cc3)c2C(F)(F)F)n1.Cl. The molecule has 2 aromatic heterocycles. The van der Waals surface area contributed by atoms with E-state index in [2.05, 4.69) is 20.6 Å². The fourth-order valence-corrected chi connectivity index (χ4v) is 3.13. The smallest absolute Gasteiger partial charge is 0.334 e. The minimum absolute atomic E-state index is 0. The lowest BCUT2D eigenvalue weighted by Gasteiger charge is -2.30. The van der Waals surface area contributed by atoms with E-state index in [0.29, 0.717) is 17.1 Å². The quantitative estimate of drug-likeness (QED) is 0.641. The molecule has 3 aromatic rings. The number of benzene rings is 1. The van der Waals surface area contributed by atoms with Crippen LogP contribution in [-0.4, -0.2) is 51.5 Å². The van der Waals surface area contributed by atoms with Crippen molar-refractivity contribution in [3.8, 4) is 17.1 Å². The van der Waals surface area contributed by atoms with Gasteiger partial charge in [-0.25, -0.2) is 9.07 Å². The number of piperazine rings is 1. The first kappa shape index (κ1) is 21.2. The van der Waals surface area contributed by atoms with E-state index >= 15 is 0 Å². The maximum absolute atomic E-state index is 13.8. The van der Waals surface area contributed by atoms with E-state index in [1.165, 1.54) is 12.1 Å². The zero-order valence-corrected chi connectivity index (χ0v) is 16.0. The second-order valence-corrected chi connectivity index (χ2v) is 6.45. The summed E-state index contributed by atoms with van der Waals surface area (Å²) in [7, 11) is 1.88. The second kappa shape index (κ2) is 8.09. The summed E-state index contributed by atoms with van der Waals surface area (Å²) < 4.78 is 60.3. The molecule has 0 saturated carbocycles. The van der Waals surface area contributed by atoms with Crippen LogP contribution in [-0.2, 0) is 6.18 Å². The predicted molar refractivity (Wildman–Crippen MR) is 97.3 cm³/mol. The number of likely N-dealkylation sites (N-methyl/N-ethyl adjacent to an activating group) is 1. The van der Waals surface area contributed by atoms with E-state index in [0.717, 1.165) is 31.4 Å². The van der Waals surface area contributed by atoms with Crippen LogP contribution in [0.1, 0.15) is 17.6 Å². The van der Waals surface area contributed by atoms with E-state index in [4.69, 9.17) is 4.52 Å². The summed E-state index contributed by atoms with van der Waals surface area (Å²) in [5.41, 5.74) is -1.33. The Labute approximate surface area is 169 Å². The van der Waals surface area contributed by atoms with Crippen LogP contribution in [0.15, 0.2) is 35.0 Å². The number of rotatable bonds is 3. The van der Waals surface area contributed by atoms with Crippen LogP contribution in [0.3, 0.4) is 0 Å². The monoisotopic (exact) mass is 432 g/mol. The van der Waals surface area contributed by atoms with E-state index in [9.17, 15) is 17.6 Å². The summed E-state index contributed by atoms with van der Waals surface area (Å²) >= 11 is 0. The first-order valence-corrected chi connectivity index (χ1v) is 8.50. The molecule has 156 valence electrons. The molecule has 1 atom stereocenters. The molecule has 29 heavy (non-hydrogen) atoms. The first-order valence-electron chi connectivity index (χ1n) is 8.50. The van der Waals surface area contributed by atoms with Crippen LogP contribution in [0.5, 0.6) is 0 Å². The average molecular weight is 433 g/mol. The van der Waals surface area contributed by atoms with Crippen molar-refractivity contribution < 1.29 is 22.1 Å². The van der Waals surface area contributed by atoms with Gasteiger partial charge in [-0.1, -0.05) is 5.16 Å². The van der Waals surface area contributed by atoms with Crippen LogP contribution in [0, 0.1) is 5.82 Å². The van der Waals surface area contributed by atoms with Gasteiger partial charge in [0.1, 0.15) is 5.82 Å². The number of aromatic nitrogens is 4. The fourth-order valence-electron chi connectivity index (χ4n) is 3.13. The van der Waals surface area contributed by atoms with E-state index in [1.807, 2.05) is 11.9 Å². The van der Waals surface area contributed by atoms with Gasteiger partial charge in [0.25, 0.3) is 5.89 Å². The van der Waals surface area contributed by atoms with E-state index < -0.39 is 17.7 Å². The highest BCUT2D eigenvalue weighted by molar-refractivity contribution is 5.85. The Hall–Kier alpha value is -2.50. The second-order valence-electron chi connectivity index (χ2n) is 6.45. The van der Waals surface area contributed by atoms with Gasteiger partial charge in [-0.15, -0.1) is 12.4 Å². The van der Waals surface area contributed by atoms with Gasteiger partial charge in [0.2, 0.25) is 0 Å². The Morgan fingerprint density at radius 3 is 2.59 bits per heavy atom. The Morgan fingerprint density at radius 2 is 1.93 bits per heavy atom. The lowest BCUT2D eigenvalue weighted by molar-refractivity contribution is -0.142. The van der Waals surface area contributed by atoms with Gasteiger partial charge in [0.15, 0.2) is 11.5 Å². The highest BCUT2D eigenvalue weighted by Crippen LogP contribution is 2.38. The molecular formula is C17H17ClF4N6O. The highest BCUT2D eigenvalue weighted by Gasteiger charge is 2.41. The molecular weight excluding hydrogens is 416 g/mol. The lowest BCUT2D eigenvalue weighted by Crippen LogP contribution is -2.44. The van der Waals surface area contributed by atoms with Crippen molar-refractivity contribution in [1.29, 1.82) is 0 Å². The molecule has 1 saturated heterocycles. The molecule has 3 heterocycles. The molecule has 1 aromatic carbocycles. The minimum Gasteiger partial charge on any atom is -0.334 e. The Bertz CT molecular complexity index is 971. The molecule has 1 aliphatic heterocycles. The summed E-state index contributed by atoms with van der Waals surface area (Å²) in [6.07, 6.45) is -3.72. The van der Waals surface area contributed by atoms with Crippen molar-refractivity contribution in [2.24, 2.45) is 0 Å². The van der Waals surface area contributed by atoms with Gasteiger partial charge in [-0.3, -0.25) is 4.90 Å². The van der Waals surface area contributed by atoms with Crippen LogP contribution < -0.4 is 5.32 Å². The van der Waals surface area contributed by atoms with Gasteiger partial charge < -0.3 is 9.84 Å². The maximum atomic E-state index is 13.8. The number of hydrogen-bond acceptors (Lipinski definition) is 6. The van der Waals surface area contributed by atoms with Crippen molar-refractivity contribution in [3.05, 3.63) is 47.8 Å². The first-order chi connectivity index (χ1) is 13.3. The molecule has 7 nitrogen and oxygen atoms in total. The van der Waals surface area contributed by atoms with Gasteiger partial charge in [0.05, 0.1) is 23.5 Å². The molecule has 4 rings (SSSR count). The molecule has 0 amide bonds. The summed E-state index contributed by atoms with van der Waals surface area (Å²) in [6, 6.07) is 4.35. The standard InChI is InChI=1S/C17H16F4N6O.ClH/c1-26-7-6-22-9-13(26)15-24-16(28-25-15)12-8-23-27(14(12)17(19,20)21)11-4-2-10(18)3-5-11;/h2-5,8,13,22H,6-7,9H2,1H3;1H. The van der Waals surface area contributed by atoms with E-state index in [-0.39, 0.29) is 35.6 Å². The van der Waals surface area contributed by atoms with Crippen molar-refractivity contribution in [1.82, 2.24) is 30.1 Å². The summed E-state index contributed by atoms with van der Waals surface area (Å²) in [5.74, 6) is -0.529. The number of hydrogen-bond donors (Lipinski definition) is 1. The maximum Gasteiger partial charge on any atom is 0.434 e. The van der Waals surface area contributed by atoms with Crippen molar-refractivity contribution in [3.63, 3.8) is 0 Å². The van der Waals surface area contributed by atoms with Gasteiger partial charge >= 0.3 is 6.18 Å². The molecule has 1 fully saturated rings. The third kappa shape index (κ3) is 4.11. The average Bonchev–Trinajstić information content (AvgIpc) is 3.29. The molecule has 0 bridgehead atoms. The van der Waals surface area contributed by atoms with E-state index in [1.54, 1.807) is 0 Å². The Balaban J connectivity index is 0.00000240. The number of nitrogens with zero attached hydrogens (tertiary/aromatic N) is 5. The zero-order chi connectivity index (χ0) is 19.9. The topological polar surface area (TPSA) is 72.0 Å². The largest absolute Gasteiger partial charge is 0.434 e. The number of halogens is 5. The molecule has 0 spiro atoms. The van der Waals surface area contributed by atoms with Crippen LogP contribution in [0.4, 0.5) is 17.6 Å². The normalized spacial score (nSPS) is 17.9. The number of nitrogens with one attached hydrogen (secondary N) is 1. The van der Waals surface area contributed by atoms with Gasteiger partial charge in [0, 0.05) is 19.6 Å². The van der Waals surface area contributed by atoms with Crippen LogP contribution >= 0.6 is 12.4 Å². The van der Waals surface area contributed by atoms with Gasteiger partial charge in [-0.2, -0.15) is 23.3 Å². The summed E-state index contributed by atoms with van der Waals surface area (Å²) in [5, 5.41) is 10.9. The third-order valence-corrected chi connectivity index (χ3v) is 4.59. The molecule has 1 unspecified atom stereocenters. The minimum atomic E-state index is -4.74. The van der Waals surface area contributed by atoms with Crippen LogP contribution in [0.2, 0.25) is 0 Å². The fraction of sp³-hybridized carbons (Fsp3) is 0.353. The highest BCUT2D eigenvalue weighted by atomic mass is 35.5. The Kier molecular flexibility index (Phi) is 5.92. The predicted octanol–water partition coefficient (Wildman–Crippen LogP) is 3.08. The molecule has 12 heteroatoms. The number of alkyl halides is 3. The summed E-state index contributed by atoms with van der Waals surface area (Å²) in [4.78, 5) is 6.17. The van der Waals surface area contributed by atoms with Crippen molar-refractivity contribution in [2.75, 3.05) is 26.7 Å².